The summed E-state index contributed by atoms with van der Waals surface area (Å²) in [6.07, 6.45) is 5.89. The van der Waals surface area contributed by atoms with Crippen molar-refractivity contribution in [2.45, 2.75) is 12.8 Å². The molecular weight excluding hydrogens is 220 g/mol. The third-order valence-corrected chi connectivity index (χ3v) is 3.01. The molecule has 1 aromatic heterocycles. The third kappa shape index (κ3) is 1.55. The minimum absolute atomic E-state index is 0. The molecule has 3 rings (SSSR count). The van der Waals surface area contributed by atoms with Crippen molar-refractivity contribution in [3.63, 3.8) is 0 Å². The van der Waals surface area contributed by atoms with E-state index in [0.717, 1.165) is 5.82 Å². The number of hydrogen-bond donors (Lipinski definition) is 1. The fourth-order valence-electron chi connectivity index (χ4n) is 2.19. The lowest BCUT2D eigenvalue weighted by molar-refractivity contribution is 0.987. The van der Waals surface area contributed by atoms with E-state index >= 15 is 0 Å². The predicted octanol–water partition coefficient (Wildman–Crippen LogP) is 3.49. The van der Waals surface area contributed by atoms with Crippen molar-refractivity contribution in [3.05, 3.63) is 53.6 Å². The lowest BCUT2D eigenvalue weighted by Gasteiger charge is -2.08. The van der Waals surface area contributed by atoms with Crippen molar-refractivity contribution in [1.29, 1.82) is 0 Å². The molecule has 0 saturated heterocycles. The first kappa shape index (κ1) is 11.0. The smallest absolute Gasteiger partial charge is 0.133 e. The van der Waals surface area contributed by atoms with Gasteiger partial charge in [-0.1, -0.05) is 31.2 Å². The van der Waals surface area contributed by atoms with Gasteiger partial charge in [0, 0.05) is 23.9 Å². The number of rotatable bonds is 1. The van der Waals surface area contributed by atoms with Gasteiger partial charge >= 0.3 is 0 Å². The first-order valence-corrected chi connectivity index (χ1v) is 5.16. The lowest BCUT2D eigenvalue weighted by Crippen LogP contribution is -1.94. The Kier molecular flexibility index (Phi) is 2.84. The van der Waals surface area contributed by atoms with Gasteiger partial charge in [0.25, 0.3) is 0 Å². The number of aromatic amines is 1. The summed E-state index contributed by atoms with van der Waals surface area (Å²) >= 11 is 0. The van der Waals surface area contributed by atoms with Gasteiger partial charge in [-0.2, -0.15) is 0 Å². The number of fused-ring (bicyclic) bond motifs is 1. The average Bonchev–Trinajstić information content (AvgIpc) is 2.87. The third-order valence-electron chi connectivity index (χ3n) is 3.01. The highest BCUT2D eigenvalue weighted by molar-refractivity contribution is 5.89. The summed E-state index contributed by atoms with van der Waals surface area (Å²) in [4.78, 5) is 7.47. The second-order valence-corrected chi connectivity index (χ2v) is 3.89. The van der Waals surface area contributed by atoms with Gasteiger partial charge in [0.1, 0.15) is 5.82 Å². The number of allylic oxidation sites excluding steroid dienone is 1. The van der Waals surface area contributed by atoms with Crippen LogP contribution in [0.1, 0.15) is 29.8 Å². The predicted molar refractivity (Wildman–Crippen MR) is 68.6 cm³/mol. The van der Waals surface area contributed by atoms with Crippen LogP contribution in [-0.4, -0.2) is 9.97 Å². The van der Waals surface area contributed by atoms with Gasteiger partial charge in [-0.25, -0.2) is 4.98 Å². The Bertz CT molecular complexity index is 514. The highest BCUT2D eigenvalue weighted by atomic mass is 35.5. The number of nitrogens with one attached hydrogen (secondary N) is 1. The quantitative estimate of drug-likeness (QED) is 0.801. The molecule has 0 fully saturated rings. The van der Waals surface area contributed by atoms with Gasteiger partial charge in [-0.3, -0.25) is 0 Å². The Balaban J connectivity index is 0.000000963. The molecule has 0 bridgehead atoms. The van der Waals surface area contributed by atoms with E-state index in [-0.39, 0.29) is 12.4 Å². The minimum atomic E-state index is 0. The Hall–Kier alpha value is -1.54. The van der Waals surface area contributed by atoms with E-state index in [0.29, 0.717) is 5.92 Å². The van der Waals surface area contributed by atoms with Crippen molar-refractivity contribution in [1.82, 2.24) is 9.97 Å². The van der Waals surface area contributed by atoms with Crippen molar-refractivity contribution >= 4 is 24.1 Å². The molecule has 0 radical (unpaired) electrons. The van der Waals surface area contributed by atoms with E-state index < -0.39 is 0 Å². The fraction of sp³-hybridized carbons (Fsp3) is 0.154. The molecule has 0 aliphatic heterocycles. The van der Waals surface area contributed by atoms with Crippen LogP contribution in [0.4, 0.5) is 0 Å². The Morgan fingerprint density at radius 3 is 2.75 bits per heavy atom. The molecule has 1 heterocycles. The highest BCUT2D eigenvalue weighted by Crippen LogP contribution is 2.39. The summed E-state index contributed by atoms with van der Waals surface area (Å²) in [5.74, 6) is 1.42. The number of nitrogens with zero attached hydrogens (tertiary/aromatic N) is 1. The van der Waals surface area contributed by atoms with Gasteiger partial charge in [0.2, 0.25) is 0 Å². The van der Waals surface area contributed by atoms with Gasteiger partial charge in [0.15, 0.2) is 0 Å². The van der Waals surface area contributed by atoms with E-state index in [4.69, 9.17) is 0 Å². The van der Waals surface area contributed by atoms with Crippen LogP contribution in [0, 0.1) is 0 Å². The van der Waals surface area contributed by atoms with Crippen molar-refractivity contribution in [3.8, 4) is 0 Å². The zero-order valence-corrected chi connectivity index (χ0v) is 9.79. The number of imidazole rings is 1. The minimum Gasteiger partial charge on any atom is -0.345 e. The van der Waals surface area contributed by atoms with Crippen LogP contribution in [0.3, 0.4) is 0 Å². The van der Waals surface area contributed by atoms with Crippen LogP contribution in [-0.2, 0) is 0 Å². The van der Waals surface area contributed by atoms with Gasteiger partial charge in [0.05, 0.1) is 0 Å². The van der Waals surface area contributed by atoms with Gasteiger partial charge < -0.3 is 4.98 Å². The molecule has 1 aliphatic rings. The van der Waals surface area contributed by atoms with E-state index in [2.05, 4.69) is 47.2 Å². The summed E-state index contributed by atoms with van der Waals surface area (Å²) in [5.41, 5.74) is 3.99. The second-order valence-electron chi connectivity index (χ2n) is 3.89. The van der Waals surface area contributed by atoms with Crippen LogP contribution in [0.5, 0.6) is 0 Å². The summed E-state index contributed by atoms with van der Waals surface area (Å²) in [6, 6.07) is 8.51. The highest BCUT2D eigenvalue weighted by Gasteiger charge is 2.22. The topological polar surface area (TPSA) is 28.7 Å². The standard InChI is InChI=1S/C13H12N2.ClH/c1-9-11-5-3-2-4-10(11)8-12(9)13-14-6-7-15-13;/h2-9H,1H3,(H,14,15);1H/t9-;/m0./s1. The van der Waals surface area contributed by atoms with E-state index in [9.17, 15) is 0 Å². The fourth-order valence-corrected chi connectivity index (χ4v) is 2.19. The van der Waals surface area contributed by atoms with Crippen LogP contribution < -0.4 is 0 Å². The number of aromatic nitrogens is 2. The summed E-state index contributed by atoms with van der Waals surface area (Å²) < 4.78 is 0. The molecule has 16 heavy (non-hydrogen) atoms. The normalized spacial score (nSPS) is 17.6. The molecule has 0 saturated carbocycles. The molecule has 1 N–H and O–H groups in total. The maximum Gasteiger partial charge on any atom is 0.133 e. The Morgan fingerprint density at radius 1 is 1.25 bits per heavy atom. The van der Waals surface area contributed by atoms with Crippen LogP contribution in [0.2, 0.25) is 0 Å². The molecule has 1 aromatic carbocycles. The molecule has 0 spiro atoms. The Morgan fingerprint density at radius 2 is 2.06 bits per heavy atom. The monoisotopic (exact) mass is 232 g/mol. The number of benzene rings is 1. The molecule has 2 aromatic rings. The molecular formula is C13H13ClN2. The average molecular weight is 233 g/mol. The van der Waals surface area contributed by atoms with Crippen molar-refractivity contribution < 1.29 is 0 Å². The summed E-state index contributed by atoms with van der Waals surface area (Å²) in [7, 11) is 0. The maximum atomic E-state index is 4.31. The Labute approximate surface area is 101 Å². The summed E-state index contributed by atoms with van der Waals surface area (Å²) in [6.45, 7) is 2.22. The number of H-pyrrole nitrogens is 1. The van der Waals surface area contributed by atoms with Gasteiger partial charge in [-0.05, 0) is 17.2 Å². The van der Waals surface area contributed by atoms with E-state index in [1.54, 1.807) is 6.20 Å². The first-order chi connectivity index (χ1) is 7.36. The van der Waals surface area contributed by atoms with Crippen molar-refractivity contribution in [2.24, 2.45) is 0 Å². The van der Waals surface area contributed by atoms with Gasteiger partial charge in [-0.15, -0.1) is 12.4 Å². The van der Waals surface area contributed by atoms with Crippen LogP contribution in [0.25, 0.3) is 11.6 Å². The zero-order chi connectivity index (χ0) is 10.3. The number of halogens is 1. The largest absolute Gasteiger partial charge is 0.345 e. The SMILES string of the molecule is C[C@@H]1C(c2ncc[nH]2)=Cc2ccccc21.Cl. The molecule has 0 unspecified atom stereocenters. The summed E-state index contributed by atoms with van der Waals surface area (Å²) in [5, 5.41) is 0. The van der Waals surface area contributed by atoms with Crippen molar-refractivity contribution in [2.75, 3.05) is 0 Å². The molecule has 0 amide bonds. The van der Waals surface area contributed by atoms with E-state index in [1.165, 1.54) is 16.7 Å². The van der Waals surface area contributed by atoms with Crippen LogP contribution >= 0.6 is 12.4 Å². The first-order valence-electron chi connectivity index (χ1n) is 5.16. The molecule has 1 aliphatic carbocycles. The molecule has 3 heteroatoms. The second kappa shape index (κ2) is 4.14. The van der Waals surface area contributed by atoms with E-state index in [1.807, 2.05) is 6.20 Å². The zero-order valence-electron chi connectivity index (χ0n) is 8.97. The number of hydrogen-bond acceptors (Lipinski definition) is 1. The van der Waals surface area contributed by atoms with Crippen LogP contribution in [0.15, 0.2) is 36.7 Å². The molecule has 82 valence electrons. The maximum absolute atomic E-state index is 4.31. The molecule has 1 atom stereocenters. The molecule has 2 nitrogen and oxygen atoms in total. The lowest BCUT2D eigenvalue weighted by atomic mass is 9.98.